The molecule has 0 aliphatic heterocycles. The molecule has 0 bridgehead atoms. The minimum atomic E-state index is -3.43. The van der Waals surface area contributed by atoms with Crippen LogP contribution in [0.5, 0.6) is 0 Å². The number of hydrogen-bond acceptors (Lipinski definition) is 3. The predicted molar refractivity (Wildman–Crippen MR) is 69.8 cm³/mol. The molecule has 0 radical (unpaired) electrons. The van der Waals surface area contributed by atoms with E-state index in [4.69, 9.17) is 0 Å². The minimum absolute atomic E-state index is 0.0749. The van der Waals surface area contributed by atoms with Gasteiger partial charge in [0.25, 0.3) is 10.0 Å². The van der Waals surface area contributed by atoms with Crippen LogP contribution in [0.2, 0.25) is 0 Å². The maximum absolute atomic E-state index is 12.2. The second-order valence-corrected chi connectivity index (χ2v) is 6.54. The number of nitrogens with zero attached hydrogens (tertiary/aromatic N) is 1. The van der Waals surface area contributed by atoms with Gasteiger partial charge in [0.2, 0.25) is 0 Å². The molecule has 102 valence electrons. The molecule has 0 spiro atoms. The fourth-order valence-corrected chi connectivity index (χ4v) is 3.58. The van der Waals surface area contributed by atoms with Crippen molar-refractivity contribution in [3.63, 3.8) is 0 Å². The Balaban J connectivity index is 2.06. The van der Waals surface area contributed by atoms with Crippen LogP contribution in [0.3, 0.4) is 0 Å². The molecular formula is C12H21N3O2S. The van der Waals surface area contributed by atoms with Gasteiger partial charge in [0.1, 0.15) is 5.82 Å². The Morgan fingerprint density at radius 1 is 1.33 bits per heavy atom. The Morgan fingerprint density at radius 3 is 2.56 bits per heavy atom. The lowest BCUT2D eigenvalue weighted by Gasteiger charge is -2.15. The third kappa shape index (κ3) is 3.32. The highest BCUT2D eigenvalue weighted by Gasteiger charge is 2.22. The van der Waals surface area contributed by atoms with Gasteiger partial charge in [0.15, 0.2) is 5.03 Å². The van der Waals surface area contributed by atoms with E-state index in [-0.39, 0.29) is 11.1 Å². The highest BCUT2D eigenvalue weighted by molar-refractivity contribution is 7.89. The number of H-pyrrole nitrogens is 1. The first kappa shape index (κ1) is 13.5. The van der Waals surface area contributed by atoms with Crippen molar-refractivity contribution >= 4 is 10.0 Å². The first-order valence-electron chi connectivity index (χ1n) is 6.68. The molecule has 1 aliphatic rings. The zero-order valence-corrected chi connectivity index (χ0v) is 11.6. The number of imidazole rings is 1. The molecule has 0 aromatic carbocycles. The molecule has 0 amide bonds. The van der Waals surface area contributed by atoms with Gasteiger partial charge in [-0.3, -0.25) is 0 Å². The van der Waals surface area contributed by atoms with E-state index in [0.29, 0.717) is 12.2 Å². The molecule has 6 heteroatoms. The van der Waals surface area contributed by atoms with Crippen molar-refractivity contribution in [2.24, 2.45) is 0 Å². The summed E-state index contributed by atoms with van der Waals surface area (Å²) in [7, 11) is -3.43. The fraction of sp³-hybridized carbons (Fsp3) is 0.750. The third-order valence-corrected chi connectivity index (χ3v) is 4.84. The van der Waals surface area contributed by atoms with Gasteiger partial charge < -0.3 is 4.98 Å². The Labute approximate surface area is 108 Å². The quantitative estimate of drug-likeness (QED) is 0.822. The molecule has 1 saturated carbocycles. The molecular weight excluding hydrogens is 250 g/mol. The lowest BCUT2D eigenvalue weighted by atomic mass is 10.1. The van der Waals surface area contributed by atoms with Crippen LogP contribution in [0.4, 0.5) is 0 Å². The van der Waals surface area contributed by atoms with Crippen molar-refractivity contribution in [3.8, 4) is 0 Å². The summed E-state index contributed by atoms with van der Waals surface area (Å²) in [6, 6.07) is 0.0749. The third-order valence-electron chi connectivity index (χ3n) is 3.41. The molecule has 1 fully saturated rings. The highest BCUT2D eigenvalue weighted by atomic mass is 32.2. The molecule has 2 N–H and O–H groups in total. The van der Waals surface area contributed by atoms with E-state index in [1.807, 2.05) is 6.92 Å². The van der Waals surface area contributed by atoms with Crippen LogP contribution in [0.1, 0.15) is 51.3 Å². The van der Waals surface area contributed by atoms with Gasteiger partial charge in [0, 0.05) is 12.5 Å². The average molecular weight is 271 g/mol. The van der Waals surface area contributed by atoms with E-state index in [1.165, 1.54) is 19.0 Å². The van der Waals surface area contributed by atoms with Gasteiger partial charge in [-0.2, -0.15) is 0 Å². The van der Waals surface area contributed by atoms with Crippen molar-refractivity contribution in [2.75, 3.05) is 0 Å². The van der Waals surface area contributed by atoms with Gasteiger partial charge in [-0.1, -0.05) is 32.6 Å². The van der Waals surface area contributed by atoms with E-state index < -0.39 is 10.0 Å². The molecule has 0 unspecified atom stereocenters. The van der Waals surface area contributed by atoms with E-state index >= 15 is 0 Å². The number of sulfonamides is 1. The van der Waals surface area contributed by atoms with Crippen molar-refractivity contribution in [1.82, 2.24) is 14.7 Å². The van der Waals surface area contributed by atoms with Crippen molar-refractivity contribution < 1.29 is 8.42 Å². The number of aryl methyl sites for hydroxylation is 1. The molecule has 1 aliphatic carbocycles. The Hall–Kier alpha value is -0.880. The molecule has 1 aromatic heterocycles. The maximum Gasteiger partial charge on any atom is 0.257 e. The lowest BCUT2D eigenvalue weighted by Crippen LogP contribution is -2.34. The van der Waals surface area contributed by atoms with Crippen LogP contribution in [-0.2, 0) is 16.4 Å². The normalized spacial score (nSPS) is 18.7. The molecule has 0 atom stereocenters. The predicted octanol–water partition coefficient (Wildman–Crippen LogP) is 1.97. The largest absolute Gasteiger partial charge is 0.332 e. The second kappa shape index (κ2) is 5.84. The lowest BCUT2D eigenvalue weighted by molar-refractivity contribution is 0.508. The number of hydrogen-bond donors (Lipinski definition) is 2. The first-order chi connectivity index (χ1) is 8.62. The highest BCUT2D eigenvalue weighted by Crippen LogP contribution is 2.19. The van der Waals surface area contributed by atoms with Crippen molar-refractivity contribution in [3.05, 3.63) is 12.0 Å². The van der Waals surface area contributed by atoms with Crippen LogP contribution < -0.4 is 4.72 Å². The summed E-state index contributed by atoms with van der Waals surface area (Å²) in [6.07, 6.45) is 8.62. The van der Waals surface area contributed by atoms with E-state index in [0.717, 1.165) is 25.7 Å². The molecule has 18 heavy (non-hydrogen) atoms. The standard InChI is InChI=1S/C12H21N3O2S/c1-2-11-13-9-12(14-11)18(16,17)15-10-7-5-3-4-6-8-10/h9-10,15H,2-8H2,1H3,(H,13,14). The van der Waals surface area contributed by atoms with E-state index in [9.17, 15) is 8.42 Å². The van der Waals surface area contributed by atoms with Crippen LogP contribution in [-0.4, -0.2) is 24.4 Å². The number of nitrogens with one attached hydrogen (secondary N) is 2. The SMILES string of the molecule is CCc1ncc(S(=O)(=O)NC2CCCCCC2)[nH]1. The maximum atomic E-state index is 12.2. The monoisotopic (exact) mass is 271 g/mol. The Kier molecular flexibility index (Phi) is 4.40. The first-order valence-corrected chi connectivity index (χ1v) is 8.16. The van der Waals surface area contributed by atoms with Gasteiger partial charge in [-0.05, 0) is 12.8 Å². The van der Waals surface area contributed by atoms with Gasteiger partial charge in [0.05, 0.1) is 6.20 Å². The zero-order valence-electron chi connectivity index (χ0n) is 10.8. The fourth-order valence-electron chi connectivity index (χ4n) is 2.34. The summed E-state index contributed by atoms with van der Waals surface area (Å²) in [5, 5.41) is 0.184. The molecule has 1 aromatic rings. The van der Waals surface area contributed by atoms with Gasteiger partial charge >= 0.3 is 0 Å². The second-order valence-electron chi connectivity index (χ2n) is 4.86. The summed E-state index contributed by atoms with van der Waals surface area (Å²) in [6.45, 7) is 1.94. The summed E-state index contributed by atoms with van der Waals surface area (Å²) in [5.74, 6) is 0.705. The molecule has 0 saturated heterocycles. The smallest absolute Gasteiger partial charge is 0.257 e. The Morgan fingerprint density at radius 2 is 2.00 bits per heavy atom. The summed E-state index contributed by atoms with van der Waals surface area (Å²) in [4.78, 5) is 6.88. The van der Waals surface area contributed by atoms with Gasteiger partial charge in [-0.15, -0.1) is 0 Å². The minimum Gasteiger partial charge on any atom is -0.332 e. The summed E-state index contributed by atoms with van der Waals surface area (Å²) >= 11 is 0. The van der Waals surface area contributed by atoms with Crippen LogP contribution in [0.25, 0.3) is 0 Å². The summed E-state index contributed by atoms with van der Waals surface area (Å²) in [5.41, 5.74) is 0. The van der Waals surface area contributed by atoms with Crippen molar-refractivity contribution in [2.45, 2.75) is 62.9 Å². The summed E-state index contributed by atoms with van der Waals surface area (Å²) < 4.78 is 27.1. The number of aromatic nitrogens is 2. The van der Waals surface area contributed by atoms with Crippen LogP contribution >= 0.6 is 0 Å². The van der Waals surface area contributed by atoms with Crippen molar-refractivity contribution in [1.29, 1.82) is 0 Å². The van der Waals surface area contributed by atoms with E-state index in [2.05, 4.69) is 14.7 Å². The van der Waals surface area contributed by atoms with Crippen LogP contribution in [0, 0.1) is 0 Å². The number of rotatable bonds is 4. The Bertz CT molecular complexity index is 473. The average Bonchev–Trinajstić information content (AvgIpc) is 2.70. The number of aromatic amines is 1. The van der Waals surface area contributed by atoms with Crippen LogP contribution in [0.15, 0.2) is 11.2 Å². The molecule has 1 heterocycles. The van der Waals surface area contributed by atoms with E-state index in [1.54, 1.807) is 0 Å². The van der Waals surface area contributed by atoms with Gasteiger partial charge in [-0.25, -0.2) is 18.1 Å². The zero-order chi connectivity index (χ0) is 13.0. The topological polar surface area (TPSA) is 74.8 Å². The molecule has 2 rings (SSSR count). The molecule has 5 nitrogen and oxygen atoms in total.